The van der Waals surface area contributed by atoms with Crippen molar-refractivity contribution in [2.45, 2.75) is 13.5 Å². The lowest BCUT2D eigenvalue weighted by Gasteiger charge is -2.13. The van der Waals surface area contributed by atoms with E-state index in [-0.39, 0.29) is 17.1 Å². The topological polar surface area (TPSA) is 122 Å². The number of amides is 3. The highest BCUT2D eigenvalue weighted by Crippen LogP contribution is 2.35. The monoisotopic (exact) mass is 784 g/mol. The fourth-order valence-electron chi connectivity index (χ4n) is 3.63. The molecule has 2 N–H and O–H groups in total. The Morgan fingerprint density at radius 1 is 1.00 bits per heavy atom. The summed E-state index contributed by atoms with van der Waals surface area (Å²) in [5.74, 6) is -0.687. The number of halogens is 2. The largest absolute Gasteiger partial charge is 0.494 e. The van der Waals surface area contributed by atoms with Crippen molar-refractivity contribution in [2.75, 3.05) is 18.5 Å². The van der Waals surface area contributed by atoms with Crippen LogP contribution in [0.25, 0.3) is 6.08 Å². The molecule has 0 bridgehead atoms. The van der Waals surface area contributed by atoms with Crippen molar-refractivity contribution in [1.82, 2.24) is 4.90 Å². The Kier molecular flexibility index (Phi) is 10.1. The fraction of sp³-hybridized carbons (Fsp3) is 0.143. The third-order valence-electron chi connectivity index (χ3n) is 5.53. The molecule has 0 aromatic heterocycles. The number of ether oxygens (including phenoxy) is 2. The van der Waals surface area contributed by atoms with Gasteiger partial charge in [-0.15, -0.1) is 0 Å². The minimum Gasteiger partial charge on any atom is -0.494 e. The van der Waals surface area contributed by atoms with Gasteiger partial charge in [0.05, 0.1) is 24.2 Å². The summed E-state index contributed by atoms with van der Waals surface area (Å²) in [7, 11) is 0. The number of hydrogen-bond donors (Lipinski definition) is 2. The predicted molar refractivity (Wildman–Crippen MR) is 169 cm³/mol. The van der Waals surface area contributed by atoms with Crippen molar-refractivity contribution in [3.05, 3.63) is 89.4 Å². The van der Waals surface area contributed by atoms with Gasteiger partial charge < -0.3 is 19.9 Å². The molecule has 12 heteroatoms. The quantitative estimate of drug-likeness (QED) is 0.183. The molecule has 3 aromatic carbocycles. The van der Waals surface area contributed by atoms with Crippen LogP contribution in [0.3, 0.4) is 0 Å². The van der Waals surface area contributed by atoms with Crippen LogP contribution in [0.2, 0.25) is 0 Å². The molecule has 1 fully saturated rings. The highest BCUT2D eigenvalue weighted by Gasteiger charge is 2.36. The molecule has 1 saturated heterocycles. The van der Waals surface area contributed by atoms with Crippen molar-refractivity contribution in [3.8, 4) is 11.5 Å². The van der Waals surface area contributed by atoms with E-state index in [0.717, 1.165) is 29.4 Å². The van der Waals surface area contributed by atoms with Gasteiger partial charge in [-0.3, -0.25) is 19.3 Å². The van der Waals surface area contributed by atoms with Gasteiger partial charge in [-0.2, -0.15) is 0 Å². The average molecular weight is 784 g/mol. The summed E-state index contributed by atoms with van der Waals surface area (Å²) in [6.45, 7) is 2.26. The molecular weight excluding hydrogens is 762 g/mol. The van der Waals surface area contributed by atoms with Crippen LogP contribution in [0, 0.1) is 7.14 Å². The number of benzene rings is 3. The summed E-state index contributed by atoms with van der Waals surface area (Å²) in [5.41, 5.74) is 2.26. The van der Waals surface area contributed by atoms with Gasteiger partial charge in [0.15, 0.2) is 0 Å². The molecule has 4 rings (SSSR count). The van der Waals surface area contributed by atoms with Gasteiger partial charge in [0, 0.05) is 5.69 Å². The number of carboxylic acid groups (broad SMARTS) is 1. The van der Waals surface area contributed by atoms with E-state index in [1.807, 2.05) is 19.1 Å². The summed E-state index contributed by atoms with van der Waals surface area (Å²) in [6.07, 6.45) is 1.62. The molecule has 9 nitrogen and oxygen atoms in total. The molecule has 0 saturated carbocycles. The van der Waals surface area contributed by atoms with Crippen molar-refractivity contribution >= 4 is 91.7 Å². The van der Waals surface area contributed by atoms with Gasteiger partial charge in [0.1, 0.15) is 24.7 Å². The van der Waals surface area contributed by atoms with Crippen LogP contribution in [0.15, 0.2) is 65.6 Å². The second-order valence-corrected chi connectivity index (χ2v) is 11.7. The second kappa shape index (κ2) is 13.5. The van der Waals surface area contributed by atoms with Crippen molar-refractivity contribution < 1.29 is 33.8 Å². The number of imide groups is 1. The molecule has 1 aliphatic rings. The zero-order chi connectivity index (χ0) is 28.8. The standard InChI is InChI=1S/C28H22I2N2O7S/c1-2-38-20-9-7-19(8-10-20)31-24(33)14-32-26(34)23(40-28(32)37)13-17-11-21(29)25(22(30)12-17)39-15-16-3-5-18(6-4-16)27(35)36/h3-13H,2,14-15H2,1H3,(H,31,33)(H,35,36)/b23-13+. The van der Waals surface area contributed by atoms with Gasteiger partial charge in [0.25, 0.3) is 11.1 Å². The Bertz CT molecular complexity index is 1470. The Labute approximate surface area is 261 Å². The van der Waals surface area contributed by atoms with Gasteiger partial charge in [-0.05, 0) is 130 Å². The molecule has 3 amide bonds. The van der Waals surface area contributed by atoms with E-state index in [1.54, 1.807) is 42.5 Å². The van der Waals surface area contributed by atoms with Crippen LogP contribution < -0.4 is 14.8 Å². The maximum absolute atomic E-state index is 12.9. The molecule has 0 spiro atoms. The first-order chi connectivity index (χ1) is 19.1. The van der Waals surface area contributed by atoms with E-state index < -0.39 is 29.6 Å². The molecule has 1 aliphatic heterocycles. The molecule has 1 heterocycles. The second-order valence-electron chi connectivity index (χ2n) is 8.38. The summed E-state index contributed by atoms with van der Waals surface area (Å²) in [6, 6.07) is 16.9. The summed E-state index contributed by atoms with van der Waals surface area (Å²) in [4.78, 5) is 50.2. The minimum absolute atomic E-state index is 0.204. The predicted octanol–water partition coefficient (Wildman–Crippen LogP) is 6.25. The summed E-state index contributed by atoms with van der Waals surface area (Å²) in [5, 5.41) is 11.2. The van der Waals surface area contributed by atoms with E-state index in [1.165, 1.54) is 12.1 Å². The average Bonchev–Trinajstić information content (AvgIpc) is 3.17. The fourth-order valence-corrected chi connectivity index (χ4v) is 6.60. The maximum atomic E-state index is 12.9. The zero-order valence-electron chi connectivity index (χ0n) is 21.0. The highest BCUT2D eigenvalue weighted by atomic mass is 127. The van der Waals surface area contributed by atoms with E-state index in [2.05, 4.69) is 50.5 Å². The molecule has 3 aromatic rings. The first-order valence-electron chi connectivity index (χ1n) is 11.9. The Morgan fingerprint density at radius 2 is 1.65 bits per heavy atom. The molecule has 206 valence electrons. The van der Waals surface area contributed by atoms with E-state index in [4.69, 9.17) is 14.6 Å². The first kappa shape index (κ1) is 29.9. The van der Waals surface area contributed by atoms with E-state index in [9.17, 15) is 19.2 Å². The molecule has 0 atom stereocenters. The van der Waals surface area contributed by atoms with Gasteiger partial charge >= 0.3 is 5.97 Å². The minimum atomic E-state index is -0.989. The number of aromatic carboxylic acids is 1. The number of anilines is 1. The number of carbonyl (C=O) groups excluding carboxylic acids is 3. The van der Waals surface area contributed by atoms with Gasteiger partial charge in [-0.1, -0.05) is 12.1 Å². The number of thioether (sulfide) groups is 1. The van der Waals surface area contributed by atoms with Crippen LogP contribution in [-0.2, 0) is 16.2 Å². The summed E-state index contributed by atoms with van der Waals surface area (Å²) < 4.78 is 13.0. The molecular formula is C28H22I2N2O7S. The Hall–Kier alpha value is -3.11. The highest BCUT2D eigenvalue weighted by molar-refractivity contribution is 14.1. The third kappa shape index (κ3) is 7.54. The summed E-state index contributed by atoms with van der Waals surface area (Å²) >= 11 is 5.05. The number of carboxylic acids is 1. The van der Waals surface area contributed by atoms with E-state index in [0.29, 0.717) is 29.4 Å². The van der Waals surface area contributed by atoms with Crippen molar-refractivity contribution in [2.24, 2.45) is 0 Å². The lowest BCUT2D eigenvalue weighted by atomic mass is 10.1. The van der Waals surface area contributed by atoms with E-state index >= 15 is 0 Å². The smallest absolute Gasteiger partial charge is 0.335 e. The number of nitrogens with one attached hydrogen (secondary N) is 1. The molecule has 0 aliphatic carbocycles. The SMILES string of the molecule is CCOc1ccc(NC(=O)CN2C(=O)S/C(=C/c3cc(I)c(OCc4ccc(C(=O)O)cc4)c(I)c3)C2=O)cc1. The van der Waals surface area contributed by atoms with Crippen LogP contribution >= 0.6 is 56.9 Å². The molecule has 0 radical (unpaired) electrons. The number of hydrogen-bond acceptors (Lipinski definition) is 7. The van der Waals surface area contributed by atoms with Crippen molar-refractivity contribution in [3.63, 3.8) is 0 Å². The van der Waals surface area contributed by atoms with Gasteiger partial charge in [-0.25, -0.2) is 4.79 Å². The van der Waals surface area contributed by atoms with Crippen LogP contribution in [0.1, 0.15) is 28.4 Å². The Morgan fingerprint density at radius 3 is 2.25 bits per heavy atom. The molecule has 40 heavy (non-hydrogen) atoms. The Balaban J connectivity index is 1.39. The maximum Gasteiger partial charge on any atom is 0.335 e. The number of rotatable bonds is 10. The number of carbonyl (C=O) groups is 4. The molecule has 0 unspecified atom stereocenters. The van der Waals surface area contributed by atoms with Crippen LogP contribution in [0.4, 0.5) is 10.5 Å². The van der Waals surface area contributed by atoms with Crippen molar-refractivity contribution in [1.29, 1.82) is 0 Å². The third-order valence-corrected chi connectivity index (χ3v) is 8.04. The zero-order valence-corrected chi connectivity index (χ0v) is 26.1. The lowest BCUT2D eigenvalue weighted by Crippen LogP contribution is -2.36. The van der Waals surface area contributed by atoms with Crippen LogP contribution in [-0.4, -0.2) is 46.2 Å². The van der Waals surface area contributed by atoms with Gasteiger partial charge in [0.2, 0.25) is 5.91 Å². The normalized spacial score (nSPS) is 14.0. The lowest BCUT2D eigenvalue weighted by molar-refractivity contribution is -0.127. The first-order valence-corrected chi connectivity index (χ1v) is 14.8. The van der Waals surface area contributed by atoms with Crippen LogP contribution in [0.5, 0.6) is 11.5 Å². The number of nitrogens with zero attached hydrogens (tertiary/aromatic N) is 1.